The van der Waals surface area contributed by atoms with Gasteiger partial charge in [-0.2, -0.15) is 5.10 Å². The lowest BCUT2D eigenvalue weighted by Gasteiger charge is -2.17. The minimum Gasteiger partial charge on any atom is -0.207 e. The van der Waals surface area contributed by atoms with E-state index in [1.54, 1.807) is 24.3 Å². The van der Waals surface area contributed by atoms with Crippen molar-refractivity contribution in [3.63, 3.8) is 0 Å². The van der Waals surface area contributed by atoms with Crippen LogP contribution < -0.4 is 0 Å². The predicted octanol–water partition coefficient (Wildman–Crippen LogP) is 5.66. The van der Waals surface area contributed by atoms with Crippen molar-refractivity contribution in [3.8, 4) is 22.4 Å². The molecule has 0 N–H and O–H groups in total. The quantitative estimate of drug-likeness (QED) is 0.615. The molecule has 1 radical (unpaired) electrons. The molecule has 0 fully saturated rings. The van der Waals surface area contributed by atoms with Crippen molar-refractivity contribution in [2.45, 2.75) is 19.8 Å². The molecule has 0 saturated carbocycles. The van der Waals surface area contributed by atoms with Gasteiger partial charge in [0.2, 0.25) is 0 Å². The Bertz CT molecular complexity index is 898. The van der Waals surface area contributed by atoms with Crippen LogP contribution in [0.3, 0.4) is 0 Å². The minimum absolute atomic E-state index is 0.115. The largest absolute Gasteiger partial charge is 0.207 e. The van der Waals surface area contributed by atoms with E-state index in [0.29, 0.717) is 11.3 Å². The van der Waals surface area contributed by atoms with Gasteiger partial charge in [-0.1, -0.05) is 38.6 Å². The number of halogens is 2. The van der Waals surface area contributed by atoms with E-state index in [1.807, 2.05) is 13.8 Å². The molecular formula is C21H17F2N2. The van der Waals surface area contributed by atoms with Gasteiger partial charge in [0.05, 0.1) is 5.69 Å². The highest BCUT2D eigenvalue weighted by atomic mass is 19.1. The Labute approximate surface area is 145 Å². The molecular weight excluding hydrogens is 318 g/mol. The summed E-state index contributed by atoms with van der Waals surface area (Å²) in [4.78, 5) is 0. The molecule has 2 nitrogen and oxygen atoms in total. The third kappa shape index (κ3) is 3.33. The van der Waals surface area contributed by atoms with Crippen molar-refractivity contribution in [2.24, 2.45) is 0 Å². The Balaban J connectivity index is 2.33. The molecule has 1 aromatic heterocycles. The molecule has 0 spiro atoms. The van der Waals surface area contributed by atoms with Gasteiger partial charge in [-0.3, -0.25) is 0 Å². The highest BCUT2D eigenvalue weighted by Gasteiger charge is 2.19. The zero-order chi connectivity index (χ0) is 18.0. The van der Waals surface area contributed by atoms with Crippen molar-refractivity contribution in [2.75, 3.05) is 0 Å². The molecule has 125 valence electrons. The lowest BCUT2D eigenvalue weighted by molar-refractivity contribution is 0.627. The number of hydrogen-bond acceptors (Lipinski definition) is 2. The highest BCUT2D eigenvalue weighted by molar-refractivity contribution is 5.87. The third-order valence-electron chi connectivity index (χ3n) is 4.00. The Morgan fingerprint density at radius 1 is 0.840 bits per heavy atom. The van der Waals surface area contributed by atoms with E-state index in [0.717, 1.165) is 22.4 Å². The van der Waals surface area contributed by atoms with E-state index in [-0.39, 0.29) is 17.6 Å². The molecule has 25 heavy (non-hydrogen) atoms. The fourth-order valence-electron chi connectivity index (χ4n) is 2.78. The molecule has 0 aliphatic heterocycles. The second kappa shape index (κ2) is 6.93. The summed E-state index contributed by atoms with van der Waals surface area (Å²) in [5.74, 6) is -0.537. The predicted molar refractivity (Wildman–Crippen MR) is 95.7 cm³/mol. The van der Waals surface area contributed by atoms with Crippen LogP contribution in [0.15, 0.2) is 48.5 Å². The maximum absolute atomic E-state index is 13.4. The molecule has 3 aromatic rings. The minimum atomic E-state index is -0.329. The van der Waals surface area contributed by atoms with E-state index >= 15 is 0 Å². The van der Waals surface area contributed by atoms with Crippen LogP contribution in [0.5, 0.6) is 0 Å². The molecule has 0 saturated heterocycles. The van der Waals surface area contributed by atoms with Crippen LogP contribution in [-0.2, 0) is 0 Å². The standard InChI is InChI=1S/C21H17F2N2/c1-4-18-19(14-5-9-16(22)10-6-14)21(25-24-20(18)13(2)3)15-7-11-17(23)12-8-15/h1,4-13H,2-3H3. The molecule has 0 unspecified atom stereocenters. The van der Waals surface area contributed by atoms with Crippen LogP contribution in [-0.4, -0.2) is 10.2 Å². The Morgan fingerprint density at radius 2 is 1.36 bits per heavy atom. The van der Waals surface area contributed by atoms with E-state index in [9.17, 15) is 8.78 Å². The fourth-order valence-corrected chi connectivity index (χ4v) is 2.78. The maximum Gasteiger partial charge on any atom is 0.123 e. The SMILES string of the molecule is [CH]=Cc1c(C(C)C)nnc(-c2ccc(F)cc2)c1-c1ccc(F)cc1. The van der Waals surface area contributed by atoms with Gasteiger partial charge in [0.1, 0.15) is 17.3 Å². The second-order valence-corrected chi connectivity index (χ2v) is 6.06. The van der Waals surface area contributed by atoms with Crippen LogP contribution >= 0.6 is 0 Å². The molecule has 0 aliphatic rings. The van der Waals surface area contributed by atoms with Gasteiger partial charge in [-0.25, -0.2) is 8.78 Å². The van der Waals surface area contributed by atoms with E-state index in [1.165, 1.54) is 30.3 Å². The van der Waals surface area contributed by atoms with Gasteiger partial charge in [0.25, 0.3) is 0 Å². The lowest BCUT2D eigenvalue weighted by Crippen LogP contribution is -2.04. The highest BCUT2D eigenvalue weighted by Crippen LogP contribution is 2.36. The van der Waals surface area contributed by atoms with Gasteiger partial charge in [-0.15, -0.1) is 5.10 Å². The average Bonchev–Trinajstić information content (AvgIpc) is 2.62. The lowest BCUT2D eigenvalue weighted by atomic mass is 9.91. The molecule has 4 heteroatoms. The Morgan fingerprint density at radius 3 is 1.84 bits per heavy atom. The van der Waals surface area contributed by atoms with Crippen LogP contribution in [0.1, 0.15) is 31.0 Å². The van der Waals surface area contributed by atoms with Crippen molar-refractivity contribution in [1.82, 2.24) is 10.2 Å². The molecule has 2 aromatic carbocycles. The summed E-state index contributed by atoms with van der Waals surface area (Å²) in [6.45, 7) is 9.91. The van der Waals surface area contributed by atoms with E-state index < -0.39 is 0 Å². The summed E-state index contributed by atoms with van der Waals surface area (Å²) in [6, 6.07) is 12.1. The molecule has 0 amide bonds. The van der Waals surface area contributed by atoms with Gasteiger partial charge in [0.15, 0.2) is 0 Å². The number of benzene rings is 2. The van der Waals surface area contributed by atoms with Crippen LogP contribution in [0.2, 0.25) is 0 Å². The van der Waals surface area contributed by atoms with Gasteiger partial charge in [-0.05, 0) is 47.9 Å². The van der Waals surface area contributed by atoms with Crippen molar-refractivity contribution in [3.05, 3.63) is 78.0 Å². The average molecular weight is 335 g/mol. The molecule has 0 bridgehead atoms. The van der Waals surface area contributed by atoms with Gasteiger partial charge in [0, 0.05) is 16.7 Å². The summed E-state index contributed by atoms with van der Waals surface area (Å²) in [7, 11) is 0. The first kappa shape index (κ1) is 17.0. The van der Waals surface area contributed by atoms with Crippen LogP contribution in [0.25, 0.3) is 28.5 Å². The van der Waals surface area contributed by atoms with E-state index in [2.05, 4.69) is 10.2 Å². The second-order valence-electron chi connectivity index (χ2n) is 6.06. The molecule has 0 atom stereocenters. The first-order valence-corrected chi connectivity index (χ1v) is 7.98. The first-order valence-electron chi connectivity index (χ1n) is 7.98. The molecule has 3 rings (SSSR count). The van der Waals surface area contributed by atoms with Crippen LogP contribution in [0.4, 0.5) is 8.78 Å². The Hall–Kier alpha value is -2.88. The summed E-state index contributed by atoms with van der Waals surface area (Å²) in [5, 5.41) is 8.69. The summed E-state index contributed by atoms with van der Waals surface area (Å²) >= 11 is 0. The topological polar surface area (TPSA) is 25.8 Å². The zero-order valence-corrected chi connectivity index (χ0v) is 14.0. The van der Waals surface area contributed by atoms with Crippen molar-refractivity contribution < 1.29 is 8.78 Å². The summed E-state index contributed by atoms with van der Waals surface area (Å²) < 4.78 is 26.6. The summed E-state index contributed by atoms with van der Waals surface area (Å²) in [5.41, 5.74) is 4.32. The monoisotopic (exact) mass is 335 g/mol. The van der Waals surface area contributed by atoms with Gasteiger partial charge < -0.3 is 0 Å². The van der Waals surface area contributed by atoms with Crippen molar-refractivity contribution >= 4 is 6.08 Å². The molecule has 0 aliphatic carbocycles. The van der Waals surface area contributed by atoms with Crippen molar-refractivity contribution in [1.29, 1.82) is 0 Å². The zero-order valence-electron chi connectivity index (χ0n) is 14.0. The Kier molecular flexibility index (Phi) is 4.70. The maximum atomic E-state index is 13.4. The first-order chi connectivity index (χ1) is 12.0. The number of hydrogen-bond donors (Lipinski definition) is 0. The van der Waals surface area contributed by atoms with E-state index in [4.69, 9.17) is 6.58 Å². The fraction of sp³-hybridized carbons (Fsp3) is 0.143. The number of aromatic nitrogens is 2. The van der Waals surface area contributed by atoms with Crippen LogP contribution in [0, 0.1) is 18.2 Å². The third-order valence-corrected chi connectivity index (χ3v) is 4.00. The molecule has 1 heterocycles. The number of nitrogens with zero attached hydrogens (tertiary/aromatic N) is 2. The number of rotatable bonds is 4. The summed E-state index contributed by atoms with van der Waals surface area (Å²) in [6.07, 6.45) is 1.50. The smallest absolute Gasteiger partial charge is 0.123 e. The normalized spacial score (nSPS) is 10.9. The van der Waals surface area contributed by atoms with Gasteiger partial charge >= 0.3 is 0 Å².